The van der Waals surface area contributed by atoms with E-state index in [0.717, 1.165) is 0 Å². The minimum absolute atomic E-state index is 0. The molecule has 0 aromatic heterocycles. The molecule has 0 aliphatic carbocycles. The Morgan fingerprint density at radius 1 is 0.647 bits per heavy atom. The van der Waals surface area contributed by atoms with Crippen molar-refractivity contribution in [2.75, 3.05) is 25.0 Å². The molecule has 13 heteroatoms. The van der Waals surface area contributed by atoms with Gasteiger partial charge in [-0.15, -0.1) is 0 Å². The van der Waals surface area contributed by atoms with Gasteiger partial charge in [-0.3, -0.25) is 0 Å². The van der Waals surface area contributed by atoms with E-state index < -0.39 is 31.5 Å². The van der Waals surface area contributed by atoms with Crippen LogP contribution in [0.3, 0.4) is 0 Å². The third-order valence-corrected chi connectivity index (χ3v) is 13.4. The van der Waals surface area contributed by atoms with Crippen LogP contribution < -0.4 is 19.6 Å². The largest absolute Gasteiger partial charge is 2.00 e. The van der Waals surface area contributed by atoms with Crippen LogP contribution in [-0.4, -0.2) is 25.0 Å². The van der Waals surface area contributed by atoms with Gasteiger partial charge in [0.05, 0.1) is 0 Å². The molecule has 0 rings (SSSR count). The molecule has 0 bridgehead atoms. The molecular formula is C4H12O4P2S4Zn3. The molecule has 0 heterocycles. The Morgan fingerprint density at radius 2 is 0.706 bits per heavy atom. The number of hydrogen-bond acceptors (Lipinski definition) is 6. The van der Waals surface area contributed by atoms with Crippen LogP contribution in [0.5, 0.6) is 0 Å². The predicted octanol–water partition coefficient (Wildman–Crippen LogP) is -2.39. The summed E-state index contributed by atoms with van der Waals surface area (Å²) in [7, 11) is -1.24. The van der Waals surface area contributed by atoms with Crippen LogP contribution >= 0.6 is 11.4 Å². The summed E-state index contributed by atoms with van der Waals surface area (Å²) in [6, 6.07) is 0. The second kappa shape index (κ2) is 14.9. The Labute approximate surface area is 157 Å². The molecule has 0 unspecified atom stereocenters. The van der Waals surface area contributed by atoms with Gasteiger partial charge in [0.1, 0.15) is 0 Å². The maximum atomic E-state index is 10.2. The van der Waals surface area contributed by atoms with Crippen LogP contribution in [0.25, 0.3) is 0 Å². The zero-order valence-corrected chi connectivity index (χ0v) is 24.2. The van der Waals surface area contributed by atoms with E-state index in [1.807, 2.05) is 0 Å². The van der Waals surface area contributed by atoms with Gasteiger partial charge in [0.25, 0.3) is 0 Å². The van der Waals surface area contributed by atoms with E-state index in [4.69, 9.17) is 0 Å². The first-order chi connectivity index (χ1) is 5.89. The van der Waals surface area contributed by atoms with Gasteiger partial charge in [0.15, 0.2) is 0 Å². The van der Waals surface area contributed by atoms with E-state index in [-0.39, 0.29) is 58.4 Å². The summed E-state index contributed by atoms with van der Waals surface area (Å²) in [5, 5.41) is 0. The van der Waals surface area contributed by atoms with Crippen molar-refractivity contribution in [1.29, 1.82) is 0 Å². The van der Waals surface area contributed by atoms with Gasteiger partial charge in [-0.05, 0) is 25.0 Å². The van der Waals surface area contributed by atoms with Crippen molar-refractivity contribution in [1.82, 2.24) is 0 Å². The first kappa shape index (κ1) is 32.8. The average molecular weight is 511 g/mol. The van der Waals surface area contributed by atoms with Crippen molar-refractivity contribution in [2.24, 2.45) is 0 Å². The van der Waals surface area contributed by atoms with Crippen molar-refractivity contribution < 1.29 is 78.0 Å². The average Bonchev–Trinajstić information content (AvgIpc) is 1.83. The Hall–Kier alpha value is 3.97. The van der Waals surface area contributed by atoms with Gasteiger partial charge in [-0.1, -0.05) is 0 Å². The van der Waals surface area contributed by atoms with Crippen molar-refractivity contribution in [3.05, 3.63) is 0 Å². The molecule has 0 aromatic rings. The first-order valence-electron chi connectivity index (χ1n) is 3.09. The number of hydrogen-bond donors (Lipinski definition) is 0. The van der Waals surface area contributed by atoms with Gasteiger partial charge < -0.3 is 55.5 Å². The van der Waals surface area contributed by atoms with Crippen molar-refractivity contribution in [2.45, 2.75) is 0 Å². The molecule has 0 spiro atoms. The maximum Gasteiger partial charge on any atom is 2.00 e. The molecule has 0 radical (unpaired) electrons. The smallest absolute Gasteiger partial charge is 0.854 e. The molecule has 0 atom stereocenters. The monoisotopic (exact) mass is 506 g/mol. The molecule has 0 aliphatic heterocycles. The van der Waals surface area contributed by atoms with Crippen LogP contribution in [0.4, 0.5) is 0 Å². The molecular weight excluding hydrogens is 498 g/mol. The van der Waals surface area contributed by atoms with E-state index in [1.165, 1.54) is 0 Å². The Kier molecular flexibility index (Phi) is 28.7. The van der Waals surface area contributed by atoms with E-state index in [0.29, 0.717) is 0 Å². The van der Waals surface area contributed by atoms with E-state index in [2.05, 4.69) is 24.5 Å². The normalized spacial score (nSPS) is 10.6. The van der Waals surface area contributed by atoms with Gasteiger partial charge in [-0.25, -0.2) is 20.1 Å². The van der Waals surface area contributed by atoms with Crippen LogP contribution in [0.15, 0.2) is 0 Å². The molecule has 92 valence electrons. The fourth-order valence-electron chi connectivity index (χ4n) is 0. The first-order valence-corrected chi connectivity index (χ1v) is 13.7. The van der Waals surface area contributed by atoms with Gasteiger partial charge in [0.2, 0.25) is 0 Å². The second-order valence-electron chi connectivity index (χ2n) is 2.44. The molecule has 4 nitrogen and oxygen atoms in total. The molecule has 0 fully saturated rings. The summed E-state index contributed by atoms with van der Waals surface area (Å²) in [5.41, 5.74) is -6.75. The van der Waals surface area contributed by atoms with E-state index >= 15 is 0 Å². The van der Waals surface area contributed by atoms with Crippen LogP contribution in [0, 0.1) is 0 Å². The summed E-state index contributed by atoms with van der Waals surface area (Å²) in [6.07, 6.45) is 6.39. The summed E-state index contributed by atoms with van der Waals surface area (Å²) in [4.78, 5) is 40.7. The molecule has 0 saturated heterocycles. The van der Waals surface area contributed by atoms with Crippen LogP contribution in [0.1, 0.15) is 0 Å². The van der Waals surface area contributed by atoms with E-state index in [1.54, 1.807) is 25.0 Å². The fourth-order valence-corrected chi connectivity index (χ4v) is 0. The third kappa shape index (κ3) is 25.3. The molecule has 17 heavy (non-hydrogen) atoms. The molecule has 0 aromatic carbocycles. The zero-order valence-electron chi connectivity index (χ0n) is 10.3. The fraction of sp³-hybridized carbons (Fsp3) is 1.00. The summed E-state index contributed by atoms with van der Waals surface area (Å²) in [5.74, 6) is 0. The van der Waals surface area contributed by atoms with E-state index in [9.17, 15) is 19.6 Å². The predicted molar refractivity (Wildman–Crippen MR) is 67.0 cm³/mol. The van der Waals surface area contributed by atoms with Gasteiger partial charge >= 0.3 is 58.4 Å². The van der Waals surface area contributed by atoms with Crippen LogP contribution in [-0.2, 0) is 103 Å². The Bertz CT molecular complexity index is 247. The quantitative estimate of drug-likeness (QED) is 0.205. The van der Waals surface area contributed by atoms with Crippen molar-refractivity contribution in [3.8, 4) is 0 Å². The summed E-state index contributed by atoms with van der Waals surface area (Å²) < 4.78 is 0. The summed E-state index contributed by atoms with van der Waals surface area (Å²) >= 11 is 8.24. The van der Waals surface area contributed by atoms with Crippen molar-refractivity contribution >= 4 is 56.0 Å². The minimum Gasteiger partial charge on any atom is -0.854 e. The Morgan fingerprint density at radius 3 is 0.706 bits per heavy atom. The third-order valence-electron chi connectivity index (χ3n) is 0.894. The molecule has 0 amide bonds. The zero-order chi connectivity index (χ0) is 12.2. The van der Waals surface area contributed by atoms with Gasteiger partial charge in [0, 0.05) is 0 Å². The summed E-state index contributed by atoms with van der Waals surface area (Å²) in [6.45, 7) is 0. The maximum absolute atomic E-state index is 10.2. The van der Waals surface area contributed by atoms with Crippen molar-refractivity contribution in [3.63, 3.8) is 0 Å². The van der Waals surface area contributed by atoms with Gasteiger partial charge in [-0.2, -0.15) is 0 Å². The Balaban J connectivity index is -0.0000000480. The second-order valence-corrected chi connectivity index (χ2v) is 18.9. The SMILES string of the molecule is CS(C)=P([O-])([O-])[S-].CS(C)=P([O-])([O-])[S-].[Zn+2].[Zn+2].[Zn+2]. The minimum atomic E-state index is -3.38. The topological polar surface area (TPSA) is 92.2 Å². The molecule has 0 N–H and O–H groups in total. The van der Waals surface area contributed by atoms with Crippen LogP contribution in [0.2, 0.25) is 0 Å². The molecule has 0 saturated carbocycles. The molecule has 0 aliphatic rings. The standard InChI is InChI=1S/2C2H6O2PS2.3Zn/c2*1-7(2)5(3,4)6;;;/h2*1-2H3;;;/q2*-3;3*+2. The number of rotatable bonds is 0.